The van der Waals surface area contributed by atoms with Crippen molar-refractivity contribution in [3.05, 3.63) is 23.8 Å². The van der Waals surface area contributed by atoms with Gasteiger partial charge in [-0.25, -0.2) is 8.42 Å². The molecule has 1 aliphatic rings. The molecule has 3 N–H and O–H groups in total. The summed E-state index contributed by atoms with van der Waals surface area (Å²) in [7, 11) is -3.94. The first-order valence-corrected chi connectivity index (χ1v) is 9.83. The number of carbonyl (C=O) groups is 2. The van der Waals surface area contributed by atoms with Crippen LogP contribution in [0, 0.1) is 12.8 Å². The third kappa shape index (κ3) is 4.58. The van der Waals surface area contributed by atoms with Crippen molar-refractivity contribution in [1.29, 1.82) is 0 Å². The van der Waals surface area contributed by atoms with E-state index >= 15 is 0 Å². The monoisotopic (exact) mass is 367 g/mol. The topological polar surface area (TPSA) is 110 Å². The summed E-state index contributed by atoms with van der Waals surface area (Å²) in [5, 5.41) is 0. The van der Waals surface area contributed by atoms with Crippen molar-refractivity contribution >= 4 is 27.5 Å². The molecule has 0 radical (unpaired) electrons. The molecule has 0 saturated carbocycles. The maximum absolute atomic E-state index is 12.8. The molecule has 0 aliphatic carbocycles. The Labute approximate surface area is 148 Å². The summed E-state index contributed by atoms with van der Waals surface area (Å²) in [6.07, 6.45) is 1.54. The molecule has 1 atom stereocenters. The van der Waals surface area contributed by atoms with Crippen molar-refractivity contribution < 1.29 is 18.0 Å². The summed E-state index contributed by atoms with van der Waals surface area (Å²) >= 11 is 0. The Kier molecular flexibility index (Phi) is 5.84. The molecule has 2 amide bonds. The molecule has 25 heavy (non-hydrogen) atoms. The second kappa shape index (κ2) is 7.53. The summed E-state index contributed by atoms with van der Waals surface area (Å²) < 4.78 is 28.0. The molecular formula is C17H25N3O4S. The Morgan fingerprint density at radius 2 is 2.04 bits per heavy atom. The average Bonchev–Trinajstić information content (AvgIpc) is 2.92. The molecule has 8 heteroatoms. The minimum absolute atomic E-state index is 0.0185. The van der Waals surface area contributed by atoms with Crippen LogP contribution in [0.25, 0.3) is 0 Å². The van der Waals surface area contributed by atoms with Gasteiger partial charge in [-0.15, -0.1) is 0 Å². The Bertz CT molecular complexity index is 774. The van der Waals surface area contributed by atoms with Crippen LogP contribution in [0.1, 0.15) is 38.7 Å². The van der Waals surface area contributed by atoms with E-state index in [1.165, 1.54) is 6.07 Å². The van der Waals surface area contributed by atoms with Gasteiger partial charge in [0.05, 0.1) is 4.90 Å². The van der Waals surface area contributed by atoms with Gasteiger partial charge in [-0.05, 0) is 43.4 Å². The average molecular weight is 367 g/mol. The van der Waals surface area contributed by atoms with Gasteiger partial charge in [0.2, 0.25) is 21.8 Å². The molecule has 0 spiro atoms. The number of rotatable bonds is 7. The summed E-state index contributed by atoms with van der Waals surface area (Å²) in [6, 6.07) is 3.91. The van der Waals surface area contributed by atoms with Crippen LogP contribution in [0.2, 0.25) is 0 Å². The fraction of sp³-hybridized carbons (Fsp3) is 0.529. The van der Waals surface area contributed by atoms with E-state index in [0.717, 1.165) is 6.42 Å². The van der Waals surface area contributed by atoms with Crippen molar-refractivity contribution in [2.75, 3.05) is 11.4 Å². The minimum atomic E-state index is -3.94. The first-order chi connectivity index (χ1) is 11.6. The number of hydrogen-bond donors (Lipinski definition) is 2. The zero-order valence-corrected chi connectivity index (χ0v) is 15.6. The fourth-order valence-corrected chi connectivity index (χ4v) is 4.39. The summed E-state index contributed by atoms with van der Waals surface area (Å²) in [5.41, 5.74) is 6.42. The molecule has 138 valence electrons. The van der Waals surface area contributed by atoms with Gasteiger partial charge in [0, 0.05) is 18.7 Å². The van der Waals surface area contributed by atoms with Gasteiger partial charge in [0.1, 0.15) is 6.04 Å². The number of amides is 2. The van der Waals surface area contributed by atoms with Crippen LogP contribution in [0.4, 0.5) is 5.69 Å². The standard InChI is InChI=1S/C17H25N3O4S/c1-11(2)9-14(17(18)22)19-25(23,24)15-10-13(7-6-12(15)3)20-8-4-5-16(20)21/h6-7,10-11,14,19H,4-5,8-9H2,1-3H3,(H2,18,22). The molecule has 1 aromatic carbocycles. The Balaban J connectivity index is 2.34. The van der Waals surface area contributed by atoms with Crippen LogP contribution < -0.4 is 15.4 Å². The largest absolute Gasteiger partial charge is 0.368 e. The van der Waals surface area contributed by atoms with Gasteiger partial charge < -0.3 is 10.6 Å². The molecule has 0 aromatic heterocycles. The number of carbonyl (C=O) groups excluding carboxylic acids is 2. The SMILES string of the molecule is Cc1ccc(N2CCCC2=O)cc1S(=O)(=O)NC(CC(C)C)C(N)=O. The lowest BCUT2D eigenvalue weighted by Gasteiger charge is -2.20. The normalized spacial score (nSPS) is 16.5. The maximum Gasteiger partial charge on any atom is 0.241 e. The number of sulfonamides is 1. The van der Waals surface area contributed by atoms with Crippen LogP contribution >= 0.6 is 0 Å². The quantitative estimate of drug-likeness (QED) is 0.757. The highest BCUT2D eigenvalue weighted by Gasteiger charge is 2.28. The first kappa shape index (κ1) is 19.4. The van der Waals surface area contributed by atoms with Gasteiger partial charge in [-0.2, -0.15) is 4.72 Å². The van der Waals surface area contributed by atoms with E-state index in [1.54, 1.807) is 24.0 Å². The summed E-state index contributed by atoms with van der Waals surface area (Å²) in [6.45, 7) is 6.02. The van der Waals surface area contributed by atoms with E-state index < -0.39 is 22.0 Å². The van der Waals surface area contributed by atoms with Crippen LogP contribution in [0.15, 0.2) is 23.1 Å². The molecule has 1 unspecified atom stereocenters. The van der Waals surface area contributed by atoms with E-state index in [9.17, 15) is 18.0 Å². The predicted molar refractivity (Wildman–Crippen MR) is 95.5 cm³/mol. The Morgan fingerprint density at radius 1 is 1.36 bits per heavy atom. The lowest BCUT2D eigenvalue weighted by molar-refractivity contribution is -0.120. The highest BCUT2D eigenvalue weighted by atomic mass is 32.2. The van der Waals surface area contributed by atoms with E-state index in [4.69, 9.17) is 5.73 Å². The van der Waals surface area contributed by atoms with Crippen molar-refractivity contribution in [3.8, 4) is 0 Å². The minimum Gasteiger partial charge on any atom is -0.368 e. The molecule has 1 heterocycles. The Hall–Kier alpha value is -1.93. The number of nitrogens with zero attached hydrogens (tertiary/aromatic N) is 1. The second-order valence-electron chi connectivity index (χ2n) is 6.80. The zero-order chi connectivity index (χ0) is 18.8. The third-order valence-electron chi connectivity index (χ3n) is 4.19. The van der Waals surface area contributed by atoms with Crippen molar-refractivity contribution in [2.45, 2.75) is 51.0 Å². The van der Waals surface area contributed by atoms with Gasteiger partial charge in [-0.1, -0.05) is 19.9 Å². The van der Waals surface area contributed by atoms with E-state index in [0.29, 0.717) is 30.6 Å². The van der Waals surface area contributed by atoms with Crippen LogP contribution in [-0.4, -0.2) is 32.8 Å². The van der Waals surface area contributed by atoms with E-state index in [2.05, 4.69) is 4.72 Å². The van der Waals surface area contributed by atoms with Gasteiger partial charge in [0.25, 0.3) is 0 Å². The van der Waals surface area contributed by atoms with Crippen molar-refractivity contribution in [3.63, 3.8) is 0 Å². The van der Waals surface area contributed by atoms with Gasteiger partial charge in [0.15, 0.2) is 0 Å². The number of anilines is 1. The molecule has 1 fully saturated rings. The molecule has 0 bridgehead atoms. The number of nitrogens with one attached hydrogen (secondary N) is 1. The fourth-order valence-electron chi connectivity index (χ4n) is 2.91. The van der Waals surface area contributed by atoms with E-state index in [-0.39, 0.29) is 16.7 Å². The van der Waals surface area contributed by atoms with Gasteiger partial charge in [-0.3, -0.25) is 9.59 Å². The van der Waals surface area contributed by atoms with Crippen molar-refractivity contribution in [1.82, 2.24) is 4.72 Å². The molecule has 1 aromatic rings. The molecule has 1 aliphatic heterocycles. The third-order valence-corrected chi connectivity index (χ3v) is 5.81. The number of nitrogens with two attached hydrogens (primary N) is 1. The van der Waals surface area contributed by atoms with Crippen LogP contribution in [0.3, 0.4) is 0 Å². The summed E-state index contributed by atoms with van der Waals surface area (Å²) in [4.78, 5) is 25.1. The smallest absolute Gasteiger partial charge is 0.241 e. The molecule has 1 saturated heterocycles. The number of aryl methyl sites for hydroxylation is 1. The zero-order valence-electron chi connectivity index (χ0n) is 14.8. The van der Waals surface area contributed by atoms with Crippen LogP contribution in [0.5, 0.6) is 0 Å². The summed E-state index contributed by atoms with van der Waals surface area (Å²) in [5.74, 6) is -0.620. The van der Waals surface area contributed by atoms with Crippen molar-refractivity contribution in [2.24, 2.45) is 11.7 Å². The lowest BCUT2D eigenvalue weighted by Crippen LogP contribution is -2.45. The van der Waals surface area contributed by atoms with Crippen LogP contribution in [-0.2, 0) is 19.6 Å². The highest BCUT2D eigenvalue weighted by molar-refractivity contribution is 7.89. The molecular weight excluding hydrogens is 342 g/mol. The number of benzene rings is 1. The molecule has 7 nitrogen and oxygen atoms in total. The highest BCUT2D eigenvalue weighted by Crippen LogP contribution is 2.26. The lowest BCUT2D eigenvalue weighted by atomic mass is 10.0. The van der Waals surface area contributed by atoms with Gasteiger partial charge >= 0.3 is 0 Å². The van der Waals surface area contributed by atoms with E-state index in [1.807, 2.05) is 13.8 Å². The maximum atomic E-state index is 12.8. The number of hydrogen-bond acceptors (Lipinski definition) is 4. The first-order valence-electron chi connectivity index (χ1n) is 8.34. The predicted octanol–water partition coefficient (Wildman–Crippen LogP) is 1.30. The Morgan fingerprint density at radius 3 is 2.56 bits per heavy atom. The second-order valence-corrected chi connectivity index (χ2v) is 8.49. The number of primary amides is 1. The molecule has 2 rings (SSSR count).